The molecular formula is C24H30N4S2. The van der Waals surface area contributed by atoms with Gasteiger partial charge in [0.2, 0.25) is 0 Å². The van der Waals surface area contributed by atoms with Crippen LogP contribution in [0.2, 0.25) is 0 Å². The highest BCUT2D eigenvalue weighted by atomic mass is 32.1. The van der Waals surface area contributed by atoms with E-state index in [0.717, 1.165) is 11.4 Å². The molecule has 2 aliphatic rings. The van der Waals surface area contributed by atoms with Gasteiger partial charge in [0.15, 0.2) is 10.2 Å². The maximum Gasteiger partial charge on any atom is 0.171 e. The van der Waals surface area contributed by atoms with Crippen LogP contribution in [-0.2, 0) is 0 Å². The van der Waals surface area contributed by atoms with Gasteiger partial charge in [-0.2, -0.15) is 0 Å². The first-order valence-corrected chi connectivity index (χ1v) is 11.4. The SMILES string of the molecule is CC1(C)[C@H]2CC[C@@]1(C)[C@H](NC(=S)Nc1ccccc1)[C@@H]2NC(=S)Nc1ccccc1. The van der Waals surface area contributed by atoms with Gasteiger partial charge in [-0.15, -0.1) is 0 Å². The molecule has 0 aliphatic heterocycles. The highest BCUT2D eigenvalue weighted by Crippen LogP contribution is 2.65. The lowest BCUT2D eigenvalue weighted by atomic mass is 9.69. The molecule has 4 nitrogen and oxygen atoms in total. The predicted octanol–water partition coefficient (Wildman–Crippen LogP) is 5.15. The summed E-state index contributed by atoms with van der Waals surface area (Å²) in [6.45, 7) is 7.18. The van der Waals surface area contributed by atoms with E-state index in [1.54, 1.807) is 0 Å². The van der Waals surface area contributed by atoms with E-state index in [1.807, 2.05) is 60.7 Å². The predicted molar refractivity (Wildman–Crippen MR) is 134 cm³/mol. The van der Waals surface area contributed by atoms with Crippen molar-refractivity contribution in [1.29, 1.82) is 0 Å². The molecule has 4 N–H and O–H groups in total. The van der Waals surface area contributed by atoms with Crippen LogP contribution in [0.4, 0.5) is 11.4 Å². The molecule has 4 rings (SSSR count). The lowest BCUT2D eigenvalue weighted by molar-refractivity contribution is 0.129. The summed E-state index contributed by atoms with van der Waals surface area (Å²) < 4.78 is 0. The van der Waals surface area contributed by atoms with Crippen molar-refractivity contribution in [3.63, 3.8) is 0 Å². The van der Waals surface area contributed by atoms with Crippen LogP contribution in [-0.4, -0.2) is 22.3 Å². The van der Waals surface area contributed by atoms with Crippen LogP contribution < -0.4 is 21.3 Å². The number of thiocarbonyl (C=S) groups is 2. The van der Waals surface area contributed by atoms with Gasteiger partial charge in [0, 0.05) is 11.4 Å². The fourth-order valence-corrected chi connectivity index (χ4v) is 5.98. The Morgan fingerprint density at radius 1 is 0.800 bits per heavy atom. The number of fused-ring (bicyclic) bond motifs is 2. The first-order valence-electron chi connectivity index (χ1n) is 10.6. The number of anilines is 2. The van der Waals surface area contributed by atoms with Gasteiger partial charge in [-0.25, -0.2) is 0 Å². The Labute approximate surface area is 190 Å². The maximum atomic E-state index is 5.69. The zero-order valence-electron chi connectivity index (χ0n) is 17.7. The highest BCUT2D eigenvalue weighted by molar-refractivity contribution is 7.80. The van der Waals surface area contributed by atoms with Crippen LogP contribution in [0.1, 0.15) is 33.6 Å². The Morgan fingerprint density at radius 2 is 1.30 bits per heavy atom. The van der Waals surface area contributed by atoms with Gasteiger partial charge in [0.05, 0.1) is 12.1 Å². The largest absolute Gasteiger partial charge is 0.357 e. The molecule has 0 saturated heterocycles. The second-order valence-electron chi connectivity index (χ2n) is 9.22. The van der Waals surface area contributed by atoms with E-state index in [9.17, 15) is 0 Å². The van der Waals surface area contributed by atoms with Gasteiger partial charge < -0.3 is 21.3 Å². The Kier molecular flexibility index (Phi) is 5.73. The van der Waals surface area contributed by atoms with E-state index in [2.05, 4.69) is 42.0 Å². The second-order valence-corrected chi connectivity index (χ2v) is 10.0. The summed E-state index contributed by atoms with van der Waals surface area (Å²) in [6, 6.07) is 20.5. The Morgan fingerprint density at radius 3 is 1.83 bits per heavy atom. The number of rotatable bonds is 4. The van der Waals surface area contributed by atoms with Crippen molar-refractivity contribution >= 4 is 46.0 Å². The fourth-order valence-electron chi connectivity index (χ4n) is 5.48. The average Bonchev–Trinajstić information content (AvgIpc) is 3.03. The van der Waals surface area contributed by atoms with Crippen molar-refractivity contribution in [3.8, 4) is 0 Å². The first kappa shape index (κ1) is 21.1. The molecule has 0 heterocycles. The number of nitrogens with one attached hydrogen (secondary N) is 4. The van der Waals surface area contributed by atoms with Crippen molar-refractivity contribution < 1.29 is 0 Å². The second kappa shape index (κ2) is 8.16. The first-order chi connectivity index (χ1) is 14.3. The molecule has 2 saturated carbocycles. The minimum Gasteiger partial charge on any atom is -0.357 e. The number of hydrogen-bond acceptors (Lipinski definition) is 2. The van der Waals surface area contributed by atoms with Gasteiger partial charge in [-0.1, -0.05) is 57.2 Å². The molecule has 30 heavy (non-hydrogen) atoms. The molecule has 158 valence electrons. The average molecular weight is 439 g/mol. The summed E-state index contributed by atoms with van der Waals surface area (Å²) >= 11 is 11.4. The standard InChI is InChI=1S/C24H30N4S2/c1-23(2)18-14-15-24(23,3)20(28-22(30)26-17-12-8-5-9-13-17)19(18)27-21(29)25-16-10-6-4-7-11-16/h4-13,18-20H,14-15H2,1-3H3,(H2,25,27,29)(H2,26,28,30)/t18-,19+,20+,24-/m0/s1. The minimum absolute atomic E-state index is 0.125. The van der Waals surface area contributed by atoms with Crippen molar-refractivity contribution in [2.24, 2.45) is 16.7 Å². The van der Waals surface area contributed by atoms with E-state index >= 15 is 0 Å². The Balaban J connectivity index is 1.50. The van der Waals surface area contributed by atoms with E-state index in [-0.39, 0.29) is 22.9 Å². The molecule has 2 aromatic rings. The molecule has 2 fully saturated rings. The number of benzene rings is 2. The minimum atomic E-state index is 0.125. The zero-order chi connectivity index (χ0) is 21.4. The Bertz CT molecular complexity index is 915. The molecule has 0 radical (unpaired) electrons. The van der Waals surface area contributed by atoms with Gasteiger partial charge >= 0.3 is 0 Å². The summed E-state index contributed by atoms with van der Waals surface area (Å²) in [7, 11) is 0. The monoisotopic (exact) mass is 438 g/mol. The van der Waals surface area contributed by atoms with Gasteiger partial charge in [-0.3, -0.25) is 0 Å². The normalized spacial score (nSPS) is 28.6. The van der Waals surface area contributed by atoms with Crippen molar-refractivity contribution in [2.45, 2.75) is 45.7 Å². The molecular weight excluding hydrogens is 408 g/mol. The van der Waals surface area contributed by atoms with Crippen LogP contribution in [0, 0.1) is 16.7 Å². The summed E-state index contributed by atoms with van der Waals surface area (Å²) in [5, 5.41) is 15.2. The van der Waals surface area contributed by atoms with Crippen LogP contribution in [0.15, 0.2) is 60.7 Å². The lowest BCUT2D eigenvalue weighted by Crippen LogP contribution is -2.58. The molecule has 6 heteroatoms. The van der Waals surface area contributed by atoms with E-state index in [1.165, 1.54) is 12.8 Å². The van der Waals surface area contributed by atoms with Crippen LogP contribution >= 0.6 is 24.4 Å². The van der Waals surface area contributed by atoms with Crippen LogP contribution in [0.5, 0.6) is 0 Å². The molecule has 2 bridgehead atoms. The number of hydrogen-bond donors (Lipinski definition) is 4. The fraction of sp³-hybridized carbons (Fsp3) is 0.417. The third kappa shape index (κ3) is 3.79. The van der Waals surface area contributed by atoms with Gasteiger partial charge in [0.1, 0.15) is 0 Å². The third-order valence-corrected chi connectivity index (χ3v) is 7.94. The molecule has 0 spiro atoms. The topological polar surface area (TPSA) is 48.1 Å². The summed E-state index contributed by atoms with van der Waals surface area (Å²) in [5.41, 5.74) is 2.30. The quantitative estimate of drug-likeness (QED) is 0.495. The van der Waals surface area contributed by atoms with E-state index in [0.29, 0.717) is 16.1 Å². The molecule has 2 aromatic carbocycles. The van der Waals surface area contributed by atoms with E-state index < -0.39 is 0 Å². The van der Waals surface area contributed by atoms with E-state index in [4.69, 9.17) is 24.4 Å². The maximum absolute atomic E-state index is 5.69. The zero-order valence-corrected chi connectivity index (χ0v) is 19.4. The summed E-state index contributed by atoms with van der Waals surface area (Å²) in [6.07, 6.45) is 2.39. The van der Waals surface area contributed by atoms with Crippen LogP contribution in [0.25, 0.3) is 0 Å². The molecule has 0 amide bonds. The highest BCUT2D eigenvalue weighted by Gasteiger charge is 2.66. The van der Waals surface area contributed by atoms with Crippen molar-refractivity contribution in [3.05, 3.63) is 60.7 Å². The molecule has 0 unspecified atom stereocenters. The molecule has 0 aromatic heterocycles. The molecule has 2 aliphatic carbocycles. The summed E-state index contributed by atoms with van der Waals surface area (Å²) in [4.78, 5) is 0. The summed E-state index contributed by atoms with van der Waals surface area (Å²) in [5.74, 6) is 0.523. The lowest BCUT2D eigenvalue weighted by Gasteiger charge is -2.41. The van der Waals surface area contributed by atoms with Gasteiger partial charge in [0.25, 0.3) is 0 Å². The van der Waals surface area contributed by atoms with Crippen LogP contribution in [0.3, 0.4) is 0 Å². The Hall–Kier alpha value is -2.18. The molecule has 4 atom stereocenters. The smallest absolute Gasteiger partial charge is 0.171 e. The van der Waals surface area contributed by atoms with Crippen molar-refractivity contribution in [1.82, 2.24) is 10.6 Å². The third-order valence-electron chi connectivity index (χ3n) is 7.50. The van der Waals surface area contributed by atoms with Gasteiger partial charge in [-0.05, 0) is 78.3 Å². The van der Waals surface area contributed by atoms with Crippen molar-refractivity contribution in [2.75, 3.05) is 10.6 Å². The number of para-hydroxylation sites is 2.